The molecule has 4 rings (SSSR count). The van der Waals surface area contributed by atoms with Crippen LogP contribution in [0.3, 0.4) is 0 Å². The van der Waals surface area contributed by atoms with E-state index < -0.39 is 29.1 Å². The summed E-state index contributed by atoms with van der Waals surface area (Å²) >= 11 is 0. The van der Waals surface area contributed by atoms with Gasteiger partial charge in [-0.3, -0.25) is 9.59 Å². The first-order chi connectivity index (χ1) is 14.9. The van der Waals surface area contributed by atoms with Crippen molar-refractivity contribution in [2.45, 2.75) is 20.3 Å². The summed E-state index contributed by atoms with van der Waals surface area (Å²) in [6.07, 6.45) is 0.863. The number of nitrogens with zero attached hydrogens (tertiary/aromatic N) is 1. The summed E-state index contributed by atoms with van der Waals surface area (Å²) < 4.78 is 28.2. The van der Waals surface area contributed by atoms with Crippen molar-refractivity contribution >= 4 is 28.8 Å². The molecule has 0 atom stereocenters. The zero-order valence-corrected chi connectivity index (χ0v) is 17.1. The third kappa shape index (κ3) is 3.84. The number of benzene rings is 3. The fourth-order valence-electron chi connectivity index (χ4n) is 3.48. The van der Waals surface area contributed by atoms with Crippen molar-refractivity contribution in [3.8, 4) is 0 Å². The molecule has 1 aliphatic heterocycles. The van der Waals surface area contributed by atoms with Crippen LogP contribution in [-0.4, -0.2) is 11.8 Å². The largest absolute Gasteiger partial charge is 0.350 e. The predicted molar refractivity (Wildman–Crippen MR) is 116 cm³/mol. The molecule has 3 aromatic carbocycles. The van der Waals surface area contributed by atoms with Crippen molar-refractivity contribution in [3.63, 3.8) is 0 Å². The zero-order valence-electron chi connectivity index (χ0n) is 17.1. The Morgan fingerprint density at radius 1 is 0.871 bits per heavy atom. The summed E-state index contributed by atoms with van der Waals surface area (Å²) in [5, 5.41) is 3.02. The maximum Gasteiger partial charge on any atom is 0.282 e. The van der Waals surface area contributed by atoms with E-state index in [9.17, 15) is 18.4 Å². The molecule has 0 radical (unpaired) electrons. The molecule has 0 bridgehead atoms. The van der Waals surface area contributed by atoms with Crippen LogP contribution in [0, 0.1) is 18.6 Å². The van der Waals surface area contributed by atoms with Crippen LogP contribution in [0.4, 0.5) is 20.2 Å². The standard InChI is InChI=1S/C25H20F2N2O2/c1-3-16-6-11-19(12-7-16)28-23-22(17-8-4-15(2)5-9-17)24(30)29(25(23)31)21-14-18(26)10-13-20(21)27/h4-14,28H,3H2,1-2H3. The number of hydrogen-bond donors (Lipinski definition) is 1. The highest BCUT2D eigenvalue weighted by Gasteiger charge is 2.41. The van der Waals surface area contributed by atoms with E-state index in [-0.39, 0.29) is 11.3 Å². The van der Waals surface area contributed by atoms with Crippen molar-refractivity contribution in [2.24, 2.45) is 0 Å². The highest BCUT2D eigenvalue weighted by Crippen LogP contribution is 2.35. The Kier molecular flexibility index (Phi) is 5.38. The van der Waals surface area contributed by atoms with E-state index in [1.165, 1.54) is 0 Å². The van der Waals surface area contributed by atoms with Crippen LogP contribution in [-0.2, 0) is 16.0 Å². The molecule has 2 amide bonds. The van der Waals surface area contributed by atoms with Gasteiger partial charge in [-0.15, -0.1) is 0 Å². The molecule has 0 unspecified atom stereocenters. The average molecular weight is 418 g/mol. The van der Waals surface area contributed by atoms with Gasteiger partial charge in [-0.25, -0.2) is 13.7 Å². The minimum Gasteiger partial charge on any atom is -0.350 e. The smallest absolute Gasteiger partial charge is 0.282 e. The molecular formula is C25H20F2N2O2. The first kappa shape index (κ1) is 20.5. The van der Waals surface area contributed by atoms with Gasteiger partial charge >= 0.3 is 0 Å². The first-order valence-electron chi connectivity index (χ1n) is 9.90. The number of hydrogen-bond acceptors (Lipinski definition) is 3. The van der Waals surface area contributed by atoms with E-state index in [1.807, 2.05) is 50.2 Å². The first-order valence-corrected chi connectivity index (χ1v) is 9.90. The number of amides is 2. The highest BCUT2D eigenvalue weighted by molar-refractivity contribution is 6.46. The lowest BCUT2D eigenvalue weighted by Crippen LogP contribution is -2.33. The van der Waals surface area contributed by atoms with E-state index in [0.717, 1.165) is 35.7 Å². The second kappa shape index (κ2) is 8.14. The van der Waals surface area contributed by atoms with Crippen LogP contribution >= 0.6 is 0 Å². The lowest BCUT2D eigenvalue weighted by atomic mass is 10.0. The number of carbonyl (C=O) groups is 2. The van der Waals surface area contributed by atoms with Gasteiger partial charge in [0, 0.05) is 11.8 Å². The Bertz CT molecular complexity index is 1200. The van der Waals surface area contributed by atoms with Gasteiger partial charge in [0.05, 0.1) is 11.3 Å². The second-order valence-corrected chi connectivity index (χ2v) is 7.33. The van der Waals surface area contributed by atoms with E-state index in [2.05, 4.69) is 5.32 Å². The minimum atomic E-state index is -0.861. The van der Waals surface area contributed by atoms with Crippen molar-refractivity contribution in [2.75, 3.05) is 10.2 Å². The molecule has 3 aromatic rings. The Hall–Kier alpha value is -3.80. The third-order valence-electron chi connectivity index (χ3n) is 5.20. The molecule has 0 aliphatic carbocycles. The topological polar surface area (TPSA) is 49.4 Å². The quantitative estimate of drug-likeness (QED) is 0.577. The summed E-state index contributed by atoms with van der Waals surface area (Å²) in [6, 6.07) is 17.2. The second-order valence-electron chi connectivity index (χ2n) is 7.33. The summed E-state index contributed by atoms with van der Waals surface area (Å²) in [7, 11) is 0. The van der Waals surface area contributed by atoms with Gasteiger partial charge < -0.3 is 5.32 Å². The maximum atomic E-state index is 14.4. The number of nitrogens with one attached hydrogen (secondary N) is 1. The lowest BCUT2D eigenvalue weighted by Gasteiger charge is -2.16. The highest BCUT2D eigenvalue weighted by atomic mass is 19.1. The maximum absolute atomic E-state index is 14.4. The molecular weight excluding hydrogens is 398 g/mol. The molecule has 6 heteroatoms. The van der Waals surface area contributed by atoms with Crippen molar-refractivity contribution < 1.29 is 18.4 Å². The van der Waals surface area contributed by atoms with Crippen LogP contribution in [0.15, 0.2) is 72.4 Å². The Labute approximate surface area is 178 Å². The molecule has 0 saturated heterocycles. The lowest BCUT2D eigenvalue weighted by molar-refractivity contribution is -0.120. The Morgan fingerprint density at radius 3 is 2.19 bits per heavy atom. The summed E-state index contributed by atoms with van der Waals surface area (Å²) in [6.45, 7) is 3.94. The van der Waals surface area contributed by atoms with Crippen LogP contribution in [0.25, 0.3) is 5.57 Å². The molecule has 156 valence electrons. The molecule has 4 nitrogen and oxygen atoms in total. The third-order valence-corrected chi connectivity index (χ3v) is 5.20. The van der Waals surface area contributed by atoms with Crippen molar-refractivity contribution in [3.05, 3.63) is 101 Å². The number of rotatable bonds is 5. The molecule has 1 N–H and O–H groups in total. The van der Waals surface area contributed by atoms with Crippen molar-refractivity contribution in [1.82, 2.24) is 0 Å². The van der Waals surface area contributed by atoms with Crippen LogP contribution in [0.5, 0.6) is 0 Å². The van der Waals surface area contributed by atoms with Gasteiger partial charge in [-0.05, 0) is 48.7 Å². The average Bonchev–Trinajstić information content (AvgIpc) is 3.00. The number of carbonyl (C=O) groups excluding carboxylic acids is 2. The predicted octanol–water partition coefficient (Wildman–Crippen LogP) is 5.23. The van der Waals surface area contributed by atoms with E-state index in [1.54, 1.807) is 12.1 Å². The SMILES string of the molecule is CCc1ccc(NC2=C(c3ccc(C)cc3)C(=O)N(c3cc(F)ccc3F)C2=O)cc1. The number of anilines is 2. The normalized spacial score (nSPS) is 13.9. The van der Waals surface area contributed by atoms with Crippen LogP contribution in [0.2, 0.25) is 0 Å². The Morgan fingerprint density at radius 2 is 1.55 bits per heavy atom. The minimum absolute atomic E-state index is 0.0155. The van der Waals surface area contributed by atoms with Crippen LogP contribution in [0.1, 0.15) is 23.6 Å². The molecule has 31 heavy (non-hydrogen) atoms. The van der Waals surface area contributed by atoms with Crippen molar-refractivity contribution in [1.29, 1.82) is 0 Å². The monoisotopic (exact) mass is 418 g/mol. The molecule has 0 saturated carbocycles. The fraction of sp³-hybridized carbons (Fsp3) is 0.120. The van der Waals surface area contributed by atoms with Gasteiger partial charge in [0.1, 0.15) is 17.3 Å². The summed E-state index contributed by atoms with van der Waals surface area (Å²) in [5.41, 5.74) is 2.93. The number of halogens is 2. The molecule has 0 aromatic heterocycles. The zero-order chi connectivity index (χ0) is 22.1. The fourth-order valence-corrected chi connectivity index (χ4v) is 3.48. The van der Waals surface area contributed by atoms with Gasteiger partial charge in [-0.2, -0.15) is 0 Å². The summed E-state index contributed by atoms with van der Waals surface area (Å²) in [5.74, 6) is -3.07. The van der Waals surface area contributed by atoms with Gasteiger partial charge in [0.2, 0.25) is 0 Å². The number of aryl methyl sites for hydroxylation is 2. The van der Waals surface area contributed by atoms with Crippen LogP contribution < -0.4 is 10.2 Å². The van der Waals surface area contributed by atoms with Gasteiger partial charge in [0.15, 0.2) is 0 Å². The van der Waals surface area contributed by atoms with E-state index in [4.69, 9.17) is 0 Å². The molecule has 1 heterocycles. The summed E-state index contributed by atoms with van der Waals surface area (Å²) in [4.78, 5) is 27.2. The molecule has 0 fully saturated rings. The van der Waals surface area contributed by atoms with E-state index >= 15 is 0 Å². The van der Waals surface area contributed by atoms with Gasteiger partial charge in [0.25, 0.3) is 11.8 Å². The van der Waals surface area contributed by atoms with Gasteiger partial charge in [-0.1, -0.05) is 48.9 Å². The molecule has 0 spiro atoms. The number of imide groups is 1. The van der Waals surface area contributed by atoms with E-state index in [0.29, 0.717) is 16.2 Å². The Balaban J connectivity index is 1.82. The molecule has 1 aliphatic rings.